The smallest absolute Gasteiger partial charge is 0.127 e. The molecular formula is C22H30O3. The zero-order valence-corrected chi connectivity index (χ0v) is 15.6. The lowest BCUT2D eigenvalue weighted by Crippen LogP contribution is -2.45. The highest BCUT2D eigenvalue weighted by Crippen LogP contribution is 2.54. The number of ether oxygens (including phenoxy) is 1. The summed E-state index contributed by atoms with van der Waals surface area (Å²) in [7, 11) is 0. The second-order valence-corrected chi connectivity index (χ2v) is 7.98. The minimum atomic E-state index is -0.225. The Labute approximate surface area is 151 Å². The second-order valence-electron chi connectivity index (χ2n) is 7.98. The van der Waals surface area contributed by atoms with Gasteiger partial charge in [0.15, 0.2) is 0 Å². The summed E-state index contributed by atoms with van der Waals surface area (Å²) >= 11 is 0. The average molecular weight is 342 g/mol. The number of allylic oxidation sites excluding steroid dienone is 4. The van der Waals surface area contributed by atoms with Crippen molar-refractivity contribution in [1.82, 2.24) is 0 Å². The summed E-state index contributed by atoms with van der Waals surface area (Å²) in [5.41, 5.74) is 3.23. The predicted octanol–water partition coefficient (Wildman–Crippen LogP) is 4.87. The Bertz CT molecular complexity index is 685. The highest BCUT2D eigenvalue weighted by Gasteiger charge is 2.45. The van der Waals surface area contributed by atoms with Gasteiger partial charge in [-0.15, -0.1) is 0 Å². The molecule has 1 aromatic carbocycles. The Hall–Kier alpha value is -1.74. The monoisotopic (exact) mass is 342 g/mol. The number of aromatic hydroxyl groups is 1. The van der Waals surface area contributed by atoms with E-state index in [0.717, 1.165) is 49.0 Å². The minimum absolute atomic E-state index is 0.225. The van der Waals surface area contributed by atoms with Gasteiger partial charge in [0.2, 0.25) is 0 Å². The first-order chi connectivity index (χ1) is 11.9. The first-order valence-electron chi connectivity index (χ1n) is 9.38. The van der Waals surface area contributed by atoms with Crippen LogP contribution in [-0.4, -0.2) is 22.4 Å². The lowest BCUT2D eigenvalue weighted by molar-refractivity contribution is 0.00754. The van der Waals surface area contributed by atoms with Gasteiger partial charge in [-0.05, 0) is 70.6 Å². The maximum atomic E-state index is 10.7. The summed E-state index contributed by atoms with van der Waals surface area (Å²) in [5, 5.41) is 19.5. The lowest BCUT2D eigenvalue weighted by atomic mass is 9.67. The van der Waals surface area contributed by atoms with Crippen LogP contribution in [0.15, 0.2) is 35.9 Å². The van der Waals surface area contributed by atoms with Gasteiger partial charge in [-0.3, -0.25) is 0 Å². The van der Waals surface area contributed by atoms with E-state index in [2.05, 4.69) is 45.1 Å². The zero-order chi connectivity index (χ0) is 18.0. The predicted molar refractivity (Wildman–Crippen MR) is 101 cm³/mol. The Morgan fingerprint density at radius 1 is 1.28 bits per heavy atom. The van der Waals surface area contributed by atoms with Crippen molar-refractivity contribution in [3.05, 3.63) is 47.1 Å². The van der Waals surface area contributed by atoms with Crippen LogP contribution in [-0.2, 0) is 6.42 Å². The SMILES string of the molecule is CC1=CCC2C(C1)c1c(O)cc(C/C=C/CCCO)cc1OC2(C)C. The first kappa shape index (κ1) is 18.1. The molecule has 0 amide bonds. The summed E-state index contributed by atoms with van der Waals surface area (Å²) in [4.78, 5) is 0. The molecule has 136 valence electrons. The van der Waals surface area contributed by atoms with Crippen LogP contribution in [0.2, 0.25) is 0 Å². The fourth-order valence-corrected chi connectivity index (χ4v) is 4.28. The highest BCUT2D eigenvalue weighted by molar-refractivity contribution is 5.53. The van der Waals surface area contributed by atoms with E-state index in [0.29, 0.717) is 17.6 Å². The third kappa shape index (κ3) is 3.77. The Balaban J connectivity index is 1.88. The minimum Gasteiger partial charge on any atom is -0.508 e. The number of fused-ring (bicyclic) bond motifs is 3. The molecular weight excluding hydrogens is 312 g/mol. The van der Waals surface area contributed by atoms with Crippen LogP contribution >= 0.6 is 0 Å². The molecule has 0 radical (unpaired) electrons. The number of aliphatic hydroxyl groups is 1. The Morgan fingerprint density at radius 2 is 2.08 bits per heavy atom. The van der Waals surface area contributed by atoms with Gasteiger partial charge < -0.3 is 14.9 Å². The molecule has 2 unspecified atom stereocenters. The molecule has 1 heterocycles. The van der Waals surface area contributed by atoms with Crippen molar-refractivity contribution in [2.75, 3.05) is 6.61 Å². The van der Waals surface area contributed by atoms with E-state index >= 15 is 0 Å². The second kappa shape index (κ2) is 7.25. The van der Waals surface area contributed by atoms with E-state index in [1.54, 1.807) is 0 Å². The first-order valence-corrected chi connectivity index (χ1v) is 9.38. The highest BCUT2D eigenvalue weighted by atomic mass is 16.5. The van der Waals surface area contributed by atoms with E-state index in [-0.39, 0.29) is 12.2 Å². The van der Waals surface area contributed by atoms with Gasteiger partial charge in [0.25, 0.3) is 0 Å². The van der Waals surface area contributed by atoms with Gasteiger partial charge in [-0.25, -0.2) is 0 Å². The third-order valence-corrected chi connectivity index (χ3v) is 5.61. The van der Waals surface area contributed by atoms with Gasteiger partial charge in [0.1, 0.15) is 17.1 Å². The van der Waals surface area contributed by atoms with Crippen molar-refractivity contribution >= 4 is 0 Å². The maximum Gasteiger partial charge on any atom is 0.127 e. The topological polar surface area (TPSA) is 49.7 Å². The molecule has 2 aliphatic rings. The van der Waals surface area contributed by atoms with Crippen LogP contribution in [0.25, 0.3) is 0 Å². The third-order valence-electron chi connectivity index (χ3n) is 5.61. The number of aliphatic hydroxyl groups excluding tert-OH is 1. The quantitative estimate of drug-likeness (QED) is 0.592. The van der Waals surface area contributed by atoms with Gasteiger partial charge in [-0.1, -0.05) is 23.8 Å². The fourth-order valence-electron chi connectivity index (χ4n) is 4.28. The fraction of sp³-hybridized carbons (Fsp3) is 0.545. The molecule has 1 aromatic rings. The van der Waals surface area contributed by atoms with Crippen molar-refractivity contribution in [3.63, 3.8) is 0 Å². The average Bonchev–Trinajstić information content (AvgIpc) is 2.53. The molecule has 3 rings (SSSR count). The van der Waals surface area contributed by atoms with Crippen molar-refractivity contribution in [3.8, 4) is 11.5 Å². The van der Waals surface area contributed by atoms with Crippen LogP contribution in [0.5, 0.6) is 11.5 Å². The van der Waals surface area contributed by atoms with Crippen LogP contribution in [0, 0.1) is 5.92 Å². The van der Waals surface area contributed by atoms with E-state index in [1.807, 2.05) is 6.07 Å². The number of rotatable bonds is 5. The molecule has 2 atom stereocenters. The zero-order valence-electron chi connectivity index (χ0n) is 15.6. The van der Waals surface area contributed by atoms with Crippen LogP contribution in [0.3, 0.4) is 0 Å². The standard InChI is InChI=1S/C22H30O3/c1-15-9-10-18-17(12-15)21-19(24)13-16(8-6-4-5-7-11-23)14-20(21)25-22(18,2)3/h4,6,9,13-14,17-18,23-24H,5,7-8,10-12H2,1-3H3/b6-4+. The molecule has 0 spiro atoms. The molecule has 3 nitrogen and oxygen atoms in total. The Morgan fingerprint density at radius 3 is 2.84 bits per heavy atom. The van der Waals surface area contributed by atoms with E-state index in [9.17, 15) is 5.11 Å². The van der Waals surface area contributed by atoms with Crippen molar-refractivity contribution in [2.24, 2.45) is 5.92 Å². The molecule has 2 N–H and O–H groups in total. The largest absolute Gasteiger partial charge is 0.508 e. The molecule has 1 aliphatic heterocycles. The van der Waals surface area contributed by atoms with Gasteiger partial charge in [0, 0.05) is 24.0 Å². The normalized spacial score (nSPS) is 24.4. The molecule has 0 bridgehead atoms. The summed E-state index contributed by atoms with van der Waals surface area (Å²) in [5.74, 6) is 1.95. The molecule has 0 aromatic heterocycles. The Kier molecular flexibility index (Phi) is 5.24. The van der Waals surface area contributed by atoms with Gasteiger partial charge in [-0.2, -0.15) is 0 Å². The van der Waals surface area contributed by atoms with Crippen molar-refractivity contribution in [1.29, 1.82) is 0 Å². The van der Waals surface area contributed by atoms with E-state index in [4.69, 9.17) is 9.84 Å². The molecule has 0 saturated heterocycles. The van der Waals surface area contributed by atoms with E-state index < -0.39 is 0 Å². The van der Waals surface area contributed by atoms with Crippen LogP contribution in [0.4, 0.5) is 0 Å². The lowest BCUT2D eigenvalue weighted by Gasteiger charge is -2.47. The van der Waals surface area contributed by atoms with Crippen molar-refractivity contribution < 1.29 is 14.9 Å². The number of phenolic OH excluding ortho intramolecular Hbond substituents is 1. The summed E-state index contributed by atoms with van der Waals surface area (Å²) < 4.78 is 6.34. The number of benzene rings is 1. The number of hydrogen-bond acceptors (Lipinski definition) is 3. The summed E-state index contributed by atoms with van der Waals surface area (Å²) in [6.45, 7) is 6.74. The summed E-state index contributed by atoms with van der Waals surface area (Å²) in [6, 6.07) is 3.98. The van der Waals surface area contributed by atoms with Gasteiger partial charge in [0.05, 0.1) is 0 Å². The van der Waals surface area contributed by atoms with Crippen LogP contribution in [0.1, 0.15) is 63.5 Å². The molecule has 0 fully saturated rings. The molecule has 25 heavy (non-hydrogen) atoms. The number of phenols is 1. The van der Waals surface area contributed by atoms with Gasteiger partial charge >= 0.3 is 0 Å². The van der Waals surface area contributed by atoms with E-state index in [1.165, 1.54) is 5.57 Å². The molecule has 0 saturated carbocycles. The molecule has 1 aliphatic carbocycles. The summed E-state index contributed by atoms with van der Waals surface area (Å²) in [6.07, 6.45) is 11.0. The van der Waals surface area contributed by atoms with Crippen molar-refractivity contribution in [2.45, 2.75) is 64.4 Å². The number of hydrogen-bond donors (Lipinski definition) is 2. The number of unbranched alkanes of at least 4 members (excludes halogenated alkanes) is 1. The van der Waals surface area contributed by atoms with Crippen LogP contribution < -0.4 is 4.74 Å². The molecule has 3 heteroatoms. The maximum absolute atomic E-state index is 10.7.